The van der Waals surface area contributed by atoms with Crippen LogP contribution in [0.5, 0.6) is 0 Å². The van der Waals surface area contributed by atoms with E-state index in [1.807, 2.05) is 0 Å². The highest BCUT2D eigenvalue weighted by Crippen LogP contribution is 2.40. The minimum atomic E-state index is -0.0411. The van der Waals surface area contributed by atoms with Gasteiger partial charge < -0.3 is 9.84 Å². The third-order valence-corrected chi connectivity index (χ3v) is 3.27. The van der Waals surface area contributed by atoms with Gasteiger partial charge in [0.1, 0.15) is 5.60 Å². The number of aliphatic hydroxyl groups is 1. The van der Waals surface area contributed by atoms with E-state index in [0.29, 0.717) is 0 Å². The lowest BCUT2D eigenvalue weighted by atomic mass is 9.92. The van der Waals surface area contributed by atoms with Gasteiger partial charge in [-0.05, 0) is 44.2 Å². The van der Waals surface area contributed by atoms with Crippen LogP contribution in [0.2, 0.25) is 0 Å². The van der Waals surface area contributed by atoms with Crippen LogP contribution in [0, 0.1) is 6.92 Å². The van der Waals surface area contributed by atoms with Gasteiger partial charge in [0.15, 0.2) is 0 Å². The van der Waals surface area contributed by atoms with Crippen molar-refractivity contribution in [2.45, 2.75) is 38.7 Å². The minimum absolute atomic E-state index is 0.0411. The second-order valence-electron chi connectivity index (χ2n) is 4.86. The summed E-state index contributed by atoms with van der Waals surface area (Å²) in [7, 11) is 0. The van der Waals surface area contributed by atoms with E-state index in [9.17, 15) is 0 Å². The van der Waals surface area contributed by atoms with Crippen molar-refractivity contribution in [3.8, 4) is 0 Å². The molecule has 0 bridgehead atoms. The number of hydrogen-bond acceptors (Lipinski definition) is 2. The van der Waals surface area contributed by atoms with Crippen molar-refractivity contribution < 1.29 is 9.84 Å². The van der Waals surface area contributed by atoms with Crippen LogP contribution in [-0.2, 0) is 16.8 Å². The quantitative estimate of drug-likeness (QED) is 0.611. The Morgan fingerprint density at radius 3 is 2.75 bits per heavy atom. The van der Waals surface area contributed by atoms with Crippen LogP contribution >= 0.6 is 0 Å². The standard InChI is InChI=1S/C14H20O2/c1-11-6-7-12(5-3-4-8-15)13(9-11)14(2)10-16-14/h6-7,9,15H,3-5,8,10H2,1-2H3/t14-/m1/s1. The monoisotopic (exact) mass is 220 g/mol. The lowest BCUT2D eigenvalue weighted by molar-refractivity contribution is 0.284. The first-order chi connectivity index (χ1) is 7.65. The van der Waals surface area contributed by atoms with Crippen LogP contribution in [0.25, 0.3) is 0 Å². The molecule has 88 valence electrons. The summed E-state index contributed by atoms with van der Waals surface area (Å²) in [6.45, 7) is 5.39. The number of aliphatic hydroxyl groups excluding tert-OH is 1. The SMILES string of the molecule is Cc1ccc(CCCCO)c([C@@]2(C)CO2)c1. The molecular weight excluding hydrogens is 200 g/mol. The van der Waals surface area contributed by atoms with E-state index in [2.05, 4.69) is 32.0 Å². The summed E-state index contributed by atoms with van der Waals surface area (Å²) in [6, 6.07) is 6.60. The Kier molecular flexibility index (Phi) is 3.31. The summed E-state index contributed by atoms with van der Waals surface area (Å²) in [5.74, 6) is 0. The number of hydrogen-bond donors (Lipinski definition) is 1. The molecule has 0 saturated carbocycles. The molecule has 1 atom stereocenters. The highest BCUT2D eigenvalue weighted by molar-refractivity contribution is 5.38. The predicted octanol–water partition coefficient (Wildman–Crippen LogP) is 2.56. The van der Waals surface area contributed by atoms with Crippen molar-refractivity contribution in [2.24, 2.45) is 0 Å². The Morgan fingerprint density at radius 2 is 2.12 bits per heavy atom. The molecule has 1 N–H and O–H groups in total. The van der Waals surface area contributed by atoms with E-state index < -0.39 is 0 Å². The molecule has 1 aliphatic rings. The molecule has 0 aromatic heterocycles. The maximum atomic E-state index is 8.81. The number of rotatable bonds is 5. The lowest BCUT2D eigenvalue weighted by Crippen LogP contribution is -2.07. The number of ether oxygens (including phenoxy) is 1. The topological polar surface area (TPSA) is 32.8 Å². The van der Waals surface area contributed by atoms with Gasteiger partial charge in [0.25, 0.3) is 0 Å². The van der Waals surface area contributed by atoms with E-state index in [1.54, 1.807) is 0 Å². The van der Waals surface area contributed by atoms with Crippen molar-refractivity contribution in [3.05, 3.63) is 34.9 Å². The third kappa shape index (κ3) is 2.45. The Hall–Kier alpha value is -0.860. The molecule has 2 heteroatoms. The lowest BCUT2D eigenvalue weighted by Gasteiger charge is -2.13. The molecular formula is C14H20O2. The molecule has 0 radical (unpaired) electrons. The predicted molar refractivity (Wildman–Crippen MR) is 64.5 cm³/mol. The molecule has 1 aromatic rings. The maximum Gasteiger partial charge on any atom is 0.114 e. The van der Waals surface area contributed by atoms with E-state index in [-0.39, 0.29) is 12.2 Å². The summed E-state index contributed by atoms with van der Waals surface area (Å²) in [5.41, 5.74) is 3.96. The summed E-state index contributed by atoms with van der Waals surface area (Å²) < 4.78 is 5.53. The van der Waals surface area contributed by atoms with E-state index in [4.69, 9.17) is 9.84 Å². The van der Waals surface area contributed by atoms with Gasteiger partial charge in [-0.2, -0.15) is 0 Å². The average molecular weight is 220 g/mol. The Bertz CT molecular complexity index is 367. The van der Waals surface area contributed by atoms with Crippen molar-refractivity contribution in [1.82, 2.24) is 0 Å². The fourth-order valence-electron chi connectivity index (χ4n) is 2.09. The fourth-order valence-corrected chi connectivity index (χ4v) is 2.09. The summed E-state index contributed by atoms with van der Waals surface area (Å²) in [5, 5.41) is 8.81. The average Bonchev–Trinajstić information content (AvgIpc) is 3.00. The highest BCUT2D eigenvalue weighted by atomic mass is 16.6. The van der Waals surface area contributed by atoms with Crippen molar-refractivity contribution in [2.75, 3.05) is 13.2 Å². The van der Waals surface area contributed by atoms with Crippen LogP contribution in [0.1, 0.15) is 36.5 Å². The second kappa shape index (κ2) is 4.56. The minimum Gasteiger partial charge on any atom is -0.396 e. The molecule has 2 rings (SSSR count). The summed E-state index contributed by atoms with van der Waals surface area (Å²) >= 11 is 0. The van der Waals surface area contributed by atoms with Crippen LogP contribution in [0.15, 0.2) is 18.2 Å². The van der Waals surface area contributed by atoms with Gasteiger partial charge in [0, 0.05) is 6.61 Å². The zero-order valence-corrected chi connectivity index (χ0v) is 10.1. The molecule has 0 spiro atoms. The van der Waals surface area contributed by atoms with Gasteiger partial charge in [0.2, 0.25) is 0 Å². The molecule has 0 unspecified atom stereocenters. The fraction of sp³-hybridized carbons (Fsp3) is 0.571. The number of unbranched alkanes of at least 4 members (excludes halogenated alkanes) is 1. The van der Waals surface area contributed by atoms with Crippen molar-refractivity contribution in [3.63, 3.8) is 0 Å². The molecule has 1 heterocycles. The van der Waals surface area contributed by atoms with Gasteiger partial charge in [-0.1, -0.05) is 23.8 Å². The van der Waals surface area contributed by atoms with E-state index in [1.165, 1.54) is 16.7 Å². The Labute approximate surface area is 97.3 Å². The van der Waals surface area contributed by atoms with Crippen LogP contribution in [-0.4, -0.2) is 18.3 Å². The van der Waals surface area contributed by atoms with Crippen molar-refractivity contribution >= 4 is 0 Å². The normalized spacial score (nSPS) is 23.4. The van der Waals surface area contributed by atoms with E-state index >= 15 is 0 Å². The number of benzene rings is 1. The summed E-state index contributed by atoms with van der Waals surface area (Å²) in [6.07, 6.45) is 2.96. The highest BCUT2D eigenvalue weighted by Gasteiger charge is 2.42. The molecule has 0 amide bonds. The molecule has 1 fully saturated rings. The number of epoxide rings is 1. The first-order valence-electron chi connectivity index (χ1n) is 6.00. The van der Waals surface area contributed by atoms with Crippen LogP contribution in [0.4, 0.5) is 0 Å². The number of aryl methyl sites for hydroxylation is 2. The Morgan fingerprint density at radius 1 is 1.38 bits per heavy atom. The van der Waals surface area contributed by atoms with E-state index in [0.717, 1.165) is 25.9 Å². The van der Waals surface area contributed by atoms with Gasteiger partial charge in [-0.3, -0.25) is 0 Å². The largest absolute Gasteiger partial charge is 0.396 e. The molecule has 0 aliphatic carbocycles. The van der Waals surface area contributed by atoms with Crippen LogP contribution in [0.3, 0.4) is 0 Å². The van der Waals surface area contributed by atoms with Gasteiger partial charge in [-0.25, -0.2) is 0 Å². The Balaban J connectivity index is 2.16. The van der Waals surface area contributed by atoms with Gasteiger partial charge in [-0.15, -0.1) is 0 Å². The smallest absolute Gasteiger partial charge is 0.114 e. The zero-order chi connectivity index (χ0) is 11.6. The van der Waals surface area contributed by atoms with Gasteiger partial charge >= 0.3 is 0 Å². The van der Waals surface area contributed by atoms with Crippen molar-refractivity contribution in [1.29, 1.82) is 0 Å². The molecule has 1 aromatic carbocycles. The zero-order valence-electron chi connectivity index (χ0n) is 10.1. The first kappa shape index (κ1) is 11.6. The third-order valence-electron chi connectivity index (χ3n) is 3.27. The molecule has 2 nitrogen and oxygen atoms in total. The molecule has 1 saturated heterocycles. The van der Waals surface area contributed by atoms with Gasteiger partial charge in [0.05, 0.1) is 6.61 Å². The molecule has 16 heavy (non-hydrogen) atoms. The summed E-state index contributed by atoms with van der Waals surface area (Å²) in [4.78, 5) is 0. The first-order valence-corrected chi connectivity index (χ1v) is 6.00. The van der Waals surface area contributed by atoms with Crippen LogP contribution < -0.4 is 0 Å². The molecule has 1 aliphatic heterocycles. The second-order valence-corrected chi connectivity index (χ2v) is 4.86. The maximum absolute atomic E-state index is 8.81.